The smallest absolute Gasteiger partial charge is 0.0897 e. The summed E-state index contributed by atoms with van der Waals surface area (Å²) < 4.78 is 0. The molecular weight excluding hydrogens is 180 g/mol. The maximum absolute atomic E-state index is 4.46. The van der Waals surface area contributed by atoms with Gasteiger partial charge in [-0.15, -0.1) is 11.3 Å². The van der Waals surface area contributed by atoms with E-state index in [-0.39, 0.29) is 0 Å². The topological polar surface area (TPSA) is 16.1 Å². The molecule has 1 aliphatic heterocycles. The summed E-state index contributed by atoms with van der Waals surface area (Å²) in [6.07, 6.45) is 5.68. The first kappa shape index (κ1) is 8.91. The van der Waals surface area contributed by atoms with Crippen molar-refractivity contribution >= 4 is 11.3 Å². The van der Waals surface area contributed by atoms with Crippen molar-refractivity contribution < 1.29 is 0 Å². The van der Waals surface area contributed by atoms with Crippen LogP contribution in [0.25, 0.3) is 0 Å². The van der Waals surface area contributed by atoms with E-state index in [0.29, 0.717) is 0 Å². The quantitative estimate of drug-likeness (QED) is 0.671. The van der Waals surface area contributed by atoms with Gasteiger partial charge in [0, 0.05) is 25.0 Å². The van der Waals surface area contributed by atoms with E-state index < -0.39 is 0 Å². The zero-order chi connectivity index (χ0) is 9.10. The van der Waals surface area contributed by atoms with Crippen LogP contribution < -0.4 is 0 Å². The molecule has 0 atom stereocenters. The Hall–Kier alpha value is -0.670. The minimum atomic E-state index is 1.01. The molecule has 0 aliphatic carbocycles. The molecule has 0 saturated carbocycles. The first-order chi connectivity index (χ1) is 6.34. The molecule has 0 N–H and O–H groups in total. The summed E-state index contributed by atoms with van der Waals surface area (Å²) in [7, 11) is 0. The van der Waals surface area contributed by atoms with Crippen molar-refractivity contribution in [3.8, 4) is 0 Å². The standard InChI is InChI=1S/C10H14N2S/c1-9-11-10(8-13-9)7-12-5-3-2-4-6-12/h2-3,8H,4-7H2,1H3. The Morgan fingerprint density at radius 3 is 3.08 bits per heavy atom. The molecule has 1 aromatic rings. The zero-order valence-electron chi connectivity index (χ0n) is 7.86. The van der Waals surface area contributed by atoms with Crippen molar-refractivity contribution in [2.45, 2.75) is 19.9 Å². The molecule has 0 aromatic carbocycles. The first-order valence-corrected chi connectivity index (χ1v) is 5.51. The monoisotopic (exact) mass is 194 g/mol. The number of nitrogens with zero attached hydrogens (tertiary/aromatic N) is 2. The van der Waals surface area contributed by atoms with Crippen molar-refractivity contribution in [3.05, 3.63) is 28.2 Å². The number of rotatable bonds is 2. The van der Waals surface area contributed by atoms with E-state index in [1.54, 1.807) is 11.3 Å². The van der Waals surface area contributed by atoms with Crippen molar-refractivity contribution in [2.75, 3.05) is 13.1 Å². The Bertz CT molecular complexity index is 304. The summed E-state index contributed by atoms with van der Waals surface area (Å²) >= 11 is 1.74. The summed E-state index contributed by atoms with van der Waals surface area (Å²) in [6, 6.07) is 0. The van der Waals surface area contributed by atoms with E-state index in [2.05, 4.69) is 34.3 Å². The minimum absolute atomic E-state index is 1.01. The van der Waals surface area contributed by atoms with E-state index in [9.17, 15) is 0 Å². The molecule has 1 aliphatic rings. The van der Waals surface area contributed by atoms with Crippen LogP contribution in [0.1, 0.15) is 17.1 Å². The maximum atomic E-state index is 4.46. The normalized spacial score (nSPS) is 17.9. The van der Waals surface area contributed by atoms with Crippen molar-refractivity contribution in [2.24, 2.45) is 0 Å². The molecular formula is C10H14N2S. The lowest BCUT2D eigenvalue weighted by molar-refractivity contribution is 0.288. The van der Waals surface area contributed by atoms with Crippen LogP contribution in [0.5, 0.6) is 0 Å². The molecule has 0 unspecified atom stereocenters. The van der Waals surface area contributed by atoms with Gasteiger partial charge in [-0.3, -0.25) is 4.90 Å². The predicted molar refractivity (Wildman–Crippen MR) is 55.9 cm³/mol. The van der Waals surface area contributed by atoms with Crippen LogP contribution >= 0.6 is 11.3 Å². The number of hydrogen-bond acceptors (Lipinski definition) is 3. The van der Waals surface area contributed by atoms with Gasteiger partial charge in [-0.05, 0) is 13.3 Å². The van der Waals surface area contributed by atoms with Gasteiger partial charge >= 0.3 is 0 Å². The Kier molecular flexibility index (Phi) is 2.76. The van der Waals surface area contributed by atoms with Gasteiger partial charge in [0.15, 0.2) is 0 Å². The Morgan fingerprint density at radius 1 is 1.54 bits per heavy atom. The van der Waals surface area contributed by atoms with E-state index in [0.717, 1.165) is 13.1 Å². The highest BCUT2D eigenvalue weighted by atomic mass is 32.1. The van der Waals surface area contributed by atoms with Gasteiger partial charge in [-0.25, -0.2) is 4.98 Å². The van der Waals surface area contributed by atoms with Crippen molar-refractivity contribution in [3.63, 3.8) is 0 Å². The lowest BCUT2D eigenvalue weighted by Gasteiger charge is -2.21. The summed E-state index contributed by atoms with van der Waals surface area (Å²) in [6.45, 7) is 5.32. The van der Waals surface area contributed by atoms with Crippen LogP contribution in [-0.2, 0) is 6.54 Å². The third-order valence-corrected chi connectivity index (χ3v) is 3.02. The van der Waals surface area contributed by atoms with Crippen molar-refractivity contribution in [1.82, 2.24) is 9.88 Å². The molecule has 0 bridgehead atoms. The fourth-order valence-corrected chi connectivity index (χ4v) is 2.15. The van der Waals surface area contributed by atoms with E-state index >= 15 is 0 Å². The molecule has 2 nitrogen and oxygen atoms in total. The van der Waals surface area contributed by atoms with Crippen LogP contribution in [0, 0.1) is 6.92 Å². The SMILES string of the molecule is Cc1nc(CN2CC=CCC2)cs1. The maximum Gasteiger partial charge on any atom is 0.0897 e. The average Bonchev–Trinajstić information content (AvgIpc) is 2.53. The zero-order valence-corrected chi connectivity index (χ0v) is 8.68. The van der Waals surface area contributed by atoms with E-state index in [1.807, 2.05) is 0 Å². The molecule has 1 aromatic heterocycles. The molecule has 0 fully saturated rings. The number of thiazole rings is 1. The molecule has 2 rings (SSSR count). The molecule has 3 heteroatoms. The van der Waals surface area contributed by atoms with Crippen LogP contribution in [0.3, 0.4) is 0 Å². The average molecular weight is 194 g/mol. The molecule has 0 amide bonds. The van der Waals surface area contributed by atoms with Crippen LogP contribution in [0.15, 0.2) is 17.5 Å². The van der Waals surface area contributed by atoms with Gasteiger partial charge in [0.25, 0.3) is 0 Å². The highest BCUT2D eigenvalue weighted by molar-refractivity contribution is 7.09. The molecule has 2 heterocycles. The Labute approximate surface area is 82.9 Å². The molecule has 0 saturated heterocycles. The number of aryl methyl sites for hydroxylation is 1. The summed E-state index contributed by atoms with van der Waals surface area (Å²) in [4.78, 5) is 6.88. The fraction of sp³-hybridized carbons (Fsp3) is 0.500. The van der Waals surface area contributed by atoms with Gasteiger partial charge in [0.05, 0.1) is 10.7 Å². The van der Waals surface area contributed by atoms with Gasteiger partial charge in [0.2, 0.25) is 0 Å². The Balaban J connectivity index is 1.94. The second-order valence-electron chi connectivity index (χ2n) is 3.35. The van der Waals surface area contributed by atoms with Gasteiger partial charge in [-0.2, -0.15) is 0 Å². The lowest BCUT2D eigenvalue weighted by atomic mass is 10.2. The highest BCUT2D eigenvalue weighted by Crippen LogP contribution is 2.12. The first-order valence-electron chi connectivity index (χ1n) is 4.63. The van der Waals surface area contributed by atoms with Gasteiger partial charge in [0.1, 0.15) is 0 Å². The third kappa shape index (κ3) is 2.39. The molecule has 13 heavy (non-hydrogen) atoms. The predicted octanol–water partition coefficient (Wildman–Crippen LogP) is 2.21. The summed E-state index contributed by atoms with van der Waals surface area (Å²) in [5, 5.41) is 3.33. The number of hydrogen-bond donors (Lipinski definition) is 0. The lowest BCUT2D eigenvalue weighted by Crippen LogP contribution is -2.26. The van der Waals surface area contributed by atoms with E-state index in [4.69, 9.17) is 0 Å². The second kappa shape index (κ2) is 4.03. The summed E-state index contributed by atoms with van der Waals surface area (Å²) in [5.41, 5.74) is 1.22. The molecule has 0 radical (unpaired) electrons. The summed E-state index contributed by atoms with van der Waals surface area (Å²) in [5.74, 6) is 0. The highest BCUT2D eigenvalue weighted by Gasteiger charge is 2.08. The van der Waals surface area contributed by atoms with Gasteiger partial charge in [-0.1, -0.05) is 12.2 Å². The molecule has 0 spiro atoms. The van der Waals surface area contributed by atoms with Crippen LogP contribution in [0.4, 0.5) is 0 Å². The third-order valence-electron chi connectivity index (χ3n) is 2.19. The van der Waals surface area contributed by atoms with Gasteiger partial charge < -0.3 is 0 Å². The largest absolute Gasteiger partial charge is 0.294 e. The second-order valence-corrected chi connectivity index (χ2v) is 4.42. The fourth-order valence-electron chi connectivity index (χ4n) is 1.54. The van der Waals surface area contributed by atoms with E-state index in [1.165, 1.54) is 23.7 Å². The Morgan fingerprint density at radius 2 is 2.46 bits per heavy atom. The minimum Gasteiger partial charge on any atom is -0.294 e. The van der Waals surface area contributed by atoms with Crippen LogP contribution in [0.2, 0.25) is 0 Å². The van der Waals surface area contributed by atoms with Crippen LogP contribution in [-0.4, -0.2) is 23.0 Å². The number of aromatic nitrogens is 1. The van der Waals surface area contributed by atoms with Crippen molar-refractivity contribution in [1.29, 1.82) is 0 Å². The molecule has 70 valence electrons.